The van der Waals surface area contributed by atoms with Crippen LogP contribution in [-0.4, -0.2) is 31.1 Å². The first-order chi connectivity index (χ1) is 17.6. The molecule has 4 aromatic rings. The van der Waals surface area contributed by atoms with Crippen molar-refractivity contribution in [2.45, 2.75) is 18.2 Å². The number of amides is 1. The number of halogens is 1. The molecule has 0 saturated heterocycles. The van der Waals surface area contributed by atoms with E-state index in [0.717, 1.165) is 6.07 Å². The summed E-state index contributed by atoms with van der Waals surface area (Å²) in [5.74, 6) is -0.519. The normalized spacial score (nSPS) is 11.7. The number of carbonyl (C=O) groups excluding carboxylic acids is 1. The van der Waals surface area contributed by atoms with Crippen LogP contribution < -0.4 is 10.1 Å². The largest absolute Gasteiger partial charge is 0.505 e. The van der Waals surface area contributed by atoms with Gasteiger partial charge in [0.05, 0.1) is 12.7 Å². The Morgan fingerprint density at radius 1 is 1.03 bits per heavy atom. The monoisotopic (exact) mass is 539 g/mol. The lowest BCUT2D eigenvalue weighted by Crippen LogP contribution is -2.12. The van der Waals surface area contributed by atoms with Gasteiger partial charge in [0.1, 0.15) is 22.0 Å². The summed E-state index contributed by atoms with van der Waals surface area (Å²) in [4.78, 5) is 12.6. The zero-order chi connectivity index (χ0) is 26.7. The summed E-state index contributed by atoms with van der Waals surface area (Å²) in [7, 11) is -3.18. The minimum absolute atomic E-state index is 0.0489. The molecule has 9 nitrogen and oxygen atoms in total. The predicted molar refractivity (Wildman–Crippen MR) is 141 cm³/mol. The van der Waals surface area contributed by atoms with Gasteiger partial charge in [0.25, 0.3) is 16.0 Å². The second-order valence-corrected chi connectivity index (χ2v) is 9.80. The maximum Gasteiger partial charge on any atom is 0.296 e. The van der Waals surface area contributed by atoms with Gasteiger partial charge in [0.2, 0.25) is 0 Å². The third-order valence-corrected chi connectivity index (χ3v) is 6.68. The fraction of sp³-hybridized carbons (Fsp3) is 0.115. The topological polar surface area (TPSA) is 138 Å². The third kappa shape index (κ3) is 5.56. The third-order valence-electron chi connectivity index (χ3n) is 5.59. The fourth-order valence-corrected chi connectivity index (χ4v) is 4.80. The standard InChI is InChI=1S/C26H22ClN3O6S/c1-3-15-11-17(27)13-22(37(33,34)35)23(15)29-30-24-20-10-5-4-7-16(20)12-21(25(24)31)26(32)28-18-8-6-9-19(14-18)36-2/h4-14,31H,3H2,1-2H3,(H,28,32)(H,33,34,35). The molecule has 37 heavy (non-hydrogen) atoms. The van der Waals surface area contributed by atoms with E-state index in [2.05, 4.69) is 15.5 Å². The number of anilines is 1. The van der Waals surface area contributed by atoms with Gasteiger partial charge in [-0.25, -0.2) is 0 Å². The number of rotatable bonds is 7. The van der Waals surface area contributed by atoms with Crippen molar-refractivity contribution in [3.05, 3.63) is 82.9 Å². The van der Waals surface area contributed by atoms with Gasteiger partial charge >= 0.3 is 0 Å². The Bertz CT molecular complexity index is 1650. The Kier molecular flexibility index (Phi) is 7.44. The van der Waals surface area contributed by atoms with Crippen molar-refractivity contribution in [3.63, 3.8) is 0 Å². The van der Waals surface area contributed by atoms with Crippen LogP contribution in [0.3, 0.4) is 0 Å². The molecule has 0 heterocycles. The van der Waals surface area contributed by atoms with E-state index >= 15 is 0 Å². The van der Waals surface area contributed by atoms with Crippen molar-refractivity contribution in [2.24, 2.45) is 10.2 Å². The van der Waals surface area contributed by atoms with Crippen LogP contribution in [0, 0.1) is 0 Å². The predicted octanol–water partition coefficient (Wildman–Crippen LogP) is 6.68. The number of methoxy groups -OCH3 is 1. The zero-order valence-electron chi connectivity index (χ0n) is 19.8. The van der Waals surface area contributed by atoms with Gasteiger partial charge in [0.15, 0.2) is 5.75 Å². The molecular weight excluding hydrogens is 518 g/mol. The number of hydrogen-bond donors (Lipinski definition) is 3. The molecule has 4 rings (SSSR count). The number of hydrogen-bond acceptors (Lipinski definition) is 7. The Morgan fingerprint density at radius 2 is 1.76 bits per heavy atom. The molecule has 0 unspecified atom stereocenters. The maximum absolute atomic E-state index is 13.1. The molecule has 0 atom stereocenters. The van der Waals surface area contributed by atoms with Crippen LogP contribution in [0.15, 0.2) is 81.9 Å². The summed E-state index contributed by atoms with van der Waals surface area (Å²) in [6.07, 6.45) is 0.340. The zero-order valence-corrected chi connectivity index (χ0v) is 21.3. The molecule has 0 aliphatic rings. The van der Waals surface area contributed by atoms with E-state index in [0.29, 0.717) is 34.2 Å². The van der Waals surface area contributed by atoms with E-state index in [4.69, 9.17) is 16.3 Å². The number of phenols is 1. The number of aromatic hydroxyl groups is 1. The molecule has 4 aromatic carbocycles. The number of benzene rings is 4. The van der Waals surface area contributed by atoms with Crippen LogP contribution in [0.25, 0.3) is 10.8 Å². The number of nitrogens with one attached hydrogen (secondary N) is 1. The fourth-order valence-electron chi connectivity index (χ4n) is 3.80. The van der Waals surface area contributed by atoms with Crippen LogP contribution in [0.2, 0.25) is 5.02 Å². The lowest BCUT2D eigenvalue weighted by Gasteiger charge is -2.12. The van der Waals surface area contributed by atoms with Crippen molar-refractivity contribution >= 4 is 55.5 Å². The van der Waals surface area contributed by atoms with Crippen molar-refractivity contribution < 1.29 is 27.6 Å². The lowest BCUT2D eigenvalue weighted by atomic mass is 10.0. The number of nitrogens with zero attached hydrogens (tertiary/aromatic N) is 2. The molecule has 0 saturated carbocycles. The van der Waals surface area contributed by atoms with Gasteiger partial charge in [-0.15, -0.1) is 10.2 Å². The van der Waals surface area contributed by atoms with Crippen molar-refractivity contribution in [1.29, 1.82) is 0 Å². The SMILES string of the molecule is CCc1cc(Cl)cc(S(=O)(=O)O)c1N=Nc1c(O)c(C(=O)Nc2cccc(OC)c2)cc2ccccc12. The molecule has 1 amide bonds. The summed E-state index contributed by atoms with van der Waals surface area (Å²) < 4.78 is 38.9. The molecule has 0 radical (unpaired) electrons. The Morgan fingerprint density at radius 3 is 2.46 bits per heavy atom. The molecule has 190 valence electrons. The molecule has 11 heteroatoms. The highest BCUT2D eigenvalue weighted by Gasteiger charge is 2.22. The summed E-state index contributed by atoms with van der Waals surface area (Å²) >= 11 is 6.03. The van der Waals surface area contributed by atoms with Gasteiger partial charge < -0.3 is 15.2 Å². The minimum atomic E-state index is -4.68. The van der Waals surface area contributed by atoms with Crippen LogP contribution in [-0.2, 0) is 16.5 Å². The van der Waals surface area contributed by atoms with Crippen LogP contribution in [0.4, 0.5) is 17.1 Å². The minimum Gasteiger partial charge on any atom is -0.505 e. The average Bonchev–Trinajstić information content (AvgIpc) is 2.87. The average molecular weight is 540 g/mol. The van der Waals surface area contributed by atoms with E-state index < -0.39 is 26.7 Å². The maximum atomic E-state index is 13.1. The highest BCUT2D eigenvalue weighted by molar-refractivity contribution is 7.86. The van der Waals surface area contributed by atoms with E-state index in [1.54, 1.807) is 55.5 Å². The first kappa shape index (κ1) is 26.1. The lowest BCUT2D eigenvalue weighted by molar-refractivity contribution is 0.102. The number of carbonyl (C=O) groups is 1. The summed E-state index contributed by atoms with van der Waals surface area (Å²) in [5.41, 5.74) is 0.625. The summed E-state index contributed by atoms with van der Waals surface area (Å²) in [6.45, 7) is 1.76. The van der Waals surface area contributed by atoms with Gasteiger partial charge in [-0.2, -0.15) is 8.42 Å². The smallest absolute Gasteiger partial charge is 0.296 e. The number of aryl methyl sites for hydroxylation is 1. The quantitative estimate of drug-likeness (QED) is 0.177. The van der Waals surface area contributed by atoms with E-state index in [-0.39, 0.29) is 22.0 Å². The first-order valence-electron chi connectivity index (χ1n) is 11.0. The molecular formula is C26H22ClN3O6S. The van der Waals surface area contributed by atoms with Gasteiger partial charge in [-0.3, -0.25) is 9.35 Å². The van der Waals surface area contributed by atoms with Crippen LogP contribution in [0.1, 0.15) is 22.8 Å². The molecule has 0 bridgehead atoms. The summed E-state index contributed by atoms with van der Waals surface area (Å²) in [6, 6.07) is 17.7. The van der Waals surface area contributed by atoms with Crippen molar-refractivity contribution in [1.82, 2.24) is 0 Å². The second-order valence-electron chi connectivity index (χ2n) is 7.97. The molecule has 3 N–H and O–H groups in total. The highest BCUT2D eigenvalue weighted by atomic mass is 35.5. The van der Waals surface area contributed by atoms with Crippen molar-refractivity contribution in [3.8, 4) is 11.5 Å². The van der Waals surface area contributed by atoms with E-state index in [9.17, 15) is 22.9 Å². The van der Waals surface area contributed by atoms with Gasteiger partial charge in [-0.1, -0.05) is 48.9 Å². The first-order valence-corrected chi connectivity index (χ1v) is 12.9. The Hall–Kier alpha value is -3.99. The number of fused-ring (bicyclic) bond motifs is 1. The van der Waals surface area contributed by atoms with Gasteiger partial charge in [0, 0.05) is 22.2 Å². The second kappa shape index (κ2) is 10.6. The number of ether oxygens (including phenoxy) is 1. The van der Waals surface area contributed by atoms with Crippen molar-refractivity contribution in [2.75, 3.05) is 12.4 Å². The molecule has 0 fully saturated rings. The number of phenolic OH excluding ortho intramolecular Hbond substituents is 1. The van der Waals surface area contributed by atoms with E-state index in [1.807, 2.05) is 0 Å². The van der Waals surface area contributed by atoms with Gasteiger partial charge in [-0.05, 0) is 47.7 Å². The van der Waals surface area contributed by atoms with Crippen LogP contribution >= 0.6 is 11.6 Å². The molecule has 0 aliphatic carbocycles. The Labute approximate surface area is 218 Å². The van der Waals surface area contributed by atoms with Crippen LogP contribution in [0.5, 0.6) is 11.5 Å². The Balaban J connectivity index is 1.85. The van der Waals surface area contributed by atoms with E-state index in [1.165, 1.54) is 19.2 Å². The summed E-state index contributed by atoms with van der Waals surface area (Å²) in [5, 5.41) is 23.2. The molecule has 0 aromatic heterocycles. The molecule has 0 spiro atoms. The molecule has 0 aliphatic heterocycles. The number of azo groups is 1. The highest BCUT2D eigenvalue weighted by Crippen LogP contribution is 2.41.